The van der Waals surface area contributed by atoms with E-state index < -0.39 is 17.5 Å². The Labute approximate surface area is 189 Å². The van der Waals surface area contributed by atoms with Gasteiger partial charge in [-0.25, -0.2) is 4.79 Å². The zero-order valence-corrected chi connectivity index (χ0v) is 19.1. The van der Waals surface area contributed by atoms with Gasteiger partial charge in [0.1, 0.15) is 5.60 Å². The van der Waals surface area contributed by atoms with Gasteiger partial charge in [0.15, 0.2) is 11.5 Å². The Hall–Kier alpha value is -3.72. The van der Waals surface area contributed by atoms with Crippen molar-refractivity contribution >= 4 is 23.6 Å². The molecule has 0 aliphatic carbocycles. The number of benzene rings is 2. The topological polar surface area (TPSA) is 84.9 Å². The highest BCUT2D eigenvalue weighted by Gasteiger charge is 2.30. The van der Waals surface area contributed by atoms with E-state index in [2.05, 4.69) is 11.2 Å². The quantitative estimate of drug-likeness (QED) is 0.415. The first-order valence-corrected chi connectivity index (χ1v) is 10.1. The number of hydrogen-bond acceptors (Lipinski definition) is 4. The first-order chi connectivity index (χ1) is 15.0. The van der Waals surface area contributed by atoms with Crippen LogP contribution in [0.4, 0.5) is 5.69 Å². The zero-order valence-electron chi connectivity index (χ0n) is 19.1. The number of carboxylic acid groups (broad SMARTS) is 1. The van der Waals surface area contributed by atoms with Crippen LogP contribution < -0.4 is 14.8 Å². The van der Waals surface area contributed by atoms with Crippen LogP contribution >= 0.6 is 0 Å². The molecule has 0 aliphatic rings. The first kappa shape index (κ1) is 24.5. The summed E-state index contributed by atoms with van der Waals surface area (Å²) in [7, 11) is 1.55. The molecule has 0 fully saturated rings. The second-order valence-corrected chi connectivity index (χ2v) is 8.65. The standard InChI is InChI=1S/C26H29NO5/c1-7-25(2,3)17-26(4,5)32-21-14-12-18(16-22(21)31-6)13-15-23(28)27-20-11-9-8-10-19(20)24(29)30/h1,8-16H,17H2,2-6H3,(H,27,28)(H,29,30)/b15-13+. The molecule has 6 nitrogen and oxygen atoms in total. The van der Waals surface area contributed by atoms with Crippen LogP contribution in [0.2, 0.25) is 0 Å². The maximum atomic E-state index is 12.3. The number of methoxy groups -OCH3 is 1. The molecule has 0 aliphatic heterocycles. The Balaban J connectivity index is 2.14. The number of hydrogen-bond donors (Lipinski definition) is 2. The van der Waals surface area contributed by atoms with Crippen molar-refractivity contribution in [2.24, 2.45) is 5.41 Å². The summed E-state index contributed by atoms with van der Waals surface area (Å²) >= 11 is 0. The lowest BCUT2D eigenvalue weighted by atomic mass is 9.82. The highest BCUT2D eigenvalue weighted by atomic mass is 16.5. The van der Waals surface area contributed by atoms with Crippen molar-refractivity contribution in [1.29, 1.82) is 0 Å². The van der Waals surface area contributed by atoms with Crippen LogP contribution in [0.1, 0.15) is 50.0 Å². The van der Waals surface area contributed by atoms with Crippen molar-refractivity contribution in [3.05, 3.63) is 59.7 Å². The second kappa shape index (κ2) is 10.1. The fourth-order valence-corrected chi connectivity index (χ4v) is 3.45. The third-order valence-corrected chi connectivity index (χ3v) is 4.67. The Morgan fingerprint density at radius 3 is 2.44 bits per heavy atom. The lowest BCUT2D eigenvalue weighted by Gasteiger charge is -2.33. The highest BCUT2D eigenvalue weighted by Crippen LogP contribution is 2.36. The Bertz CT molecular complexity index is 1060. The number of carbonyl (C=O) groups is 2. The lowest BCUT2D eigenvalue weighted by molar-refractivity contribution is -0.111. The summed E-state index contributed by atoms with van der Waals surface area (Å²) in [6.07, 6.45) is 9.20. The molecule has 32 heavy (non-hydrogen) atoms. The van der Waals surface area contributed by atoms with Crippen molar-refractivity contribution in [2.45, 2.75) is 39.7 Å². The van der Waals surface area contributed by atoms with Crippen LogP contribution in [0.5, 0.6) is 11.5 Å². The molecule has 2 rings (SSSR count). The van der Waals surface area contributed by atoms with Crippen molar-refractivity contribution in [3.63, 3.8) is 0 Å². The third-order valence-electron chi connectivity index (χ3n) is 4.67. The molecule has 0 bridgehead atoms. The molecule has 0 spiro atoms. The van der Waals surface area contributed by atoms with Gasteiger partial charge in [-0.15, -0.1) is 12.3 Å². The van der Waals surface area contributed by atoms with Gasteiger partial charge in [-0.05, 0) is 63.6 Å². The summed E-state index contributed by atoms with van der Waals surface area (Å²) in [5.74, 6) is 2.32. The number of carbonyl (C=O) groups excluding carboxylic acids is 1. The van der Waals surface area contributed by atoms with Crippen molar-refractivity contribution < 1.29 is 24.2 Å². The molecule has 0 heterocycles. The van der Waals surface area contributed by atoms with Crippen molar-refractivity contribution in [2.75, 3.05) is 12.4 Å². The Morgan fingerprint density at radius 1 is 1.12 bits per heavy atom. The Morgan fingerprint density at radius 2 is 1.81 bits per heavy atom. The van der Waals surface area contributed by atoms with Gasteiger partial charge in [0.25, 0.3) is 0 Å². The largest absolute Gasteiger partial charge is 0.493 e. The van der Waals surface area contributed by atoms with Crippen LogP contribution in [-0.2, 0) is 4.79 Å². The molecule has 0 atom stereocenters. The van der Waals surface area contributed by atoms with E-state index in [4.69, 9.17) is 15.9 Å². The number of nitrogens with one attached hydrogen (secondary N) is 1. The van der Waals surface area contributed by atoms with Crippen LogP contribution in [0, 0.1) is 17.8 Å². The number of ether oxygens (including phenoxy) is 2. The number of carboxylic acids is 1. The van der Waals surface area contributed by atoms with Gasteiger partial charge in [-0.2, -0.15) is 0 Å². The number of amides is 1. The summed E-state index contributed by atoms with van der Waals surface area (Å²) in [5.41, 5.74) is 0.142. The maximum Gasteiger partial charge on any atom is 0.337 e. The van der Waals surface area contributed by atoms with Crippen LogP contribution in [0.25, 0.3) is 6.08 Å². The second-order valence-electron chi connectivity index (χ2n) is 8.65. The van der Waals surface area contributed by atoms with Crippen molar-refractivity contribution in [3.8, 4) is 23.8 Å². The van der Waals surface area contributed by atoms with E-state index >= 15 is 0 Å². The fraction of sp³-hybridized carbons (Fsp3) is 0.308. The van der Waals surface area contributed by atoms with Gasteiger partial charge in [-0.1, -0.05) is 18.2 Å². The summed E-state index contributed by atoms with van der Waals surface area (Å²) in [6.45, 7) is 7.92. The molecule has 1 amide bonds. The molecule has 0 unspecified atom stereocenters. The van der Waals surface area contributed by atoms with Crippen LogP contribution in [0.3, 0.4) is 0 Å². The van der Waals surface area contributed by atoms with Crippen LogP contribution in [-0.4, -0.2) is 29.7 Å². The Kier molecular flexibility index (Phi) is 7.72. The van der Waals surface area contributed by atoms with E-state index in [0.717, 1.165) is 5.56 Å². The number of anilines is 1. The van der Waals surface area contributed by atoms with E-state index in [9.17, 15) is 14.7 Å². The molecule has 0 aromatic heterocycles. The predicted octanol–water partition coefficient (Wildman–Crippen LogP) is 5.25. The molecule has 6 heteroatoms. The van der Waals surface area contributed by atoms with E-state index in [1.54, 1.807) is 43.5 Å². The third kappa shape index (κ3) is 6.92. The number of terminal acetylenes is 1. The number of aromatic carboxylic acids is 1. The smallest absolute Gasteiger partial charge is 0.337 e. The SMILES string of the molecule is C#CC(C)(C)CC(C)(C)Oc1ccc(/C=C/C(=O)Nc2ccccc2C(=O)O)cc1OC. The van der Waals surface area contributed by atoms with Gasteiger partial charge in [-0.3, -0.25) is 4.79 Å². The monoisotopic (exact) mass is 435 g/mol. The fourth-order valence-electron chi connectivity index (χ4n) is 3.45. The van der Waals surface area contributed by atoms with Gasteiger partial charge in [0, 0.05) is 17.9 Å². The first-order valence-electron chi connectivity index (χ1n) is 10.1. The zero-order chi connectivity index (χ0) is 23.9. The average Bonchev–Trinajstić information content (AvgIpc) is 2.72. The lowest BCUT2D eigenvalue weighted by Crippen LogP contribution is -2.34. The molecular weight excluding hydrogens is 406 g/mol. The van der Waals surface area contributed by atoms with E-state index in [1.807, 2.05) is 27.7 Å². The summed E-state index contributed by atoms with van der Waals surface area (Å²) in [6, 6.07) is 11.6. The molecule has 168 valence electrons. The van der Waals surface area contributed by atoms with E-state index in [-0.39, 0.29) is 16.7 Å². The molecule has 2 aromatic carbocycles. The van der Waals surface area contributed by atoms with Crippen molar-refractivity contribution in [1.82, 2.24) is 0 Å². The molecule has 2 aromatic rings. The highest BCUT2D eigenvalue weighted by molar-refractivity contribution is 6.06. The summed E-state index contributed by atoms with van der Waals surface area (Å²) in [4.78, 5) is 23.5. The van der Waals surface area contributed by atoms with E-state index in [1.165, 1.54) is 18.2 Å². The normalized spacial score (nSPS) is 11.6. The van der Waals surface area contributed by atoms with Gasteiger partial charge < -0.3 is 19.9 Å². The van der Waals surface area contributed by atoms with Gasteiger partial charge in [0.05, 0.1) is 18.4 Å². The van der Waals surface area contributed by atoms with Crippen LogP contribution in [0.15, 0.2) is 48.5 Å². The minimum Gasteiger partial charge on any atom is -0.493 e. The average molecular weight is 436 g/mol. The maximum absolute atomic E-state index is 12.3. The molecule has 2 N–H and O–H groups in total. The predicted molar refractivity (Wildman–Crippen MR) is 126 cm³/mol. The van der Waals surface area contributed by atoms with E-state index in [0.29, 0.717) is 17.9 Å². The minimum atomic E-state index is -1.11. The van der Waals surface area contributed by atoms with Gasteiger partial charge >= 0.3 is 5.97 Å². The number of rotatable bonds is 9. The summed E-state index contributed by atoms with van der Waals surface area (Å²) < 4.78 is 11.6. The molecule has 0 saturated carbocycles. The van der Waals surface area contributed by atoms with Gasteiger partial charge in [0.2, 0.25) is 5.91 Å². The molecule has 0 radical (unpaired) electrons. The minimum absolute atomic E-state index is 0.0213. The summed E-state index contributed by atoms with van der Waals surface area (Å²) in [5, 5.41) is 11.8. The molecular formula is C26H29NO5. The molecule has 0 saturated heterocycles. The number of para-hydroxylation sites is 1.